The summed E-state index contributed by atoms with van der Waals surface area (Å²) >= 11 is 0. The second-order valence-corrected chi connectivity index (χ2v) is 12.6. The number of aryl methyl sites for hydroxylation is 1. The van der Waals surface area contributed by atoms with Crippen LogP contribution in [0.15, 0.2) is 59.8 Å². The van der Waals surface area contributed by atoms with Gasteiger partial charge < -0.3 is 9.84 Å². The Labute approximate surface area is 244 Å². The fourth-order valence-electron chi connectivity index (χ4n) is 5.46. The van der Waals surface area contributed by atoms with Crippen molar-refractivity contribution in [3.63, 3.8) is 0 Å². The number of carbonyl (C=O) groups is 1. The summed E-state index contributed by atoms with van der Waals surface area (Å²) in [5.41, 5.74) is 1.26. The standard InChI is InChI=1S/C28H27F3N6O5S/c1-3-19-14-36(43(40,41)25-10-17(28(29,30)31)7-8-24(25)42-19)13-16-5-4-6-18(9-16)37-26(22(12-32-37)27(38)39)21-11-20(21)23-15-35(2)34-33-23/h4-10,12,15,19-21H,3,11,13-14H2,1-2H3,(H,38,39)/t19-,20-,21-/m1/s1. The van der Waals surface area contributed by atoms with E-state index in [4.69, 9.17) is 4.74 Å². The monoisotopic (exact) mass is 616 g/mol. The van der Waals surface area contributed by atoms with Crippen LogP contribution in [0.4, 0.5) is 13.2 Å². The van der Waals surface area contributed by atoms with Crippen molar-refractivity contribution in [2.75, 3.05) is 6.54 Å². The third kappa shape index (κ3) is 5.38. The first-order chi connectivity index (χ1) is 20.4. The van der Waals surface area contributed by atoms with Crippen LogP contribution >= 0.6 is 0 Å². The molecule has 11 nitrogen and oxygen atoms in total. The first-order valence-corrected chi connectivity index (χ1v) is 15.0. The molecule has 3 atom stereocenters. The van der Waals surface area contributed by atoms with Crippen molar-refractivity contribution >= 4 is 16.0 Å². The Morgan fingerprint density at radius 1 is 1.16 bits per heavy atom. The number of ether oxygens (including phenoxy) is 1. The molecule has 1 fully saturated rings. The summed E-state index contributed by atoms with van der Waals surface area (Å²) in [7, 11) is -2.63. The molecular weight excluding hydrogens is 589 g/mol. The molecular formula is C28H27F3N6O5S. The summed E-state index contributed by atoms with van der Waals surface area (Å²) in [5.74, 6) is -1.44. The molecule has 6 rings (SSSR count). The number of sulfonamides is 1. The fourth-order valence-corrected chi connectivity index (χ4v) is 7.07. The Morgan fingerprint density at radius 3 is 2.63 bits per heavy atom. The van der Waals surface area contributed by atoms with E-state index in [-0.39, 0.29) is 36.2 Å². The van der Waals surface area contributed by atoms with Gasteiger partial charge in [-0.05, 0) is 48.7 Å². The van der Waals surface area contributed by atoms with Crippen LogP contribution in [-0.4, -0.2) is 61.2 Å². The molecule has 43 heavy (non-hydrogen) atoms. The largest absolute Gasteiger partial charge is 0.488 e. The molecule has 15 heteroatoms. The molecule has 1 saturated carbocycles. The predicted molar refractivity (Wildman–Crippen MR) is 145 cm³/mol. The van der Waals surface area contributed by atoms with Crippen LogP contribution in [0.2, 0.25) is 0 Å². The van der Waals surface area contributed by atoms with Crippen molar-refractivity contribution < 1.29 is 36.2 Å². The van der Waals surface area contributed by atoms with Gasteiger partial charge in [-0.3, -0.25) is 4.68 Å². The van der Waals surface area contributed by atoms with Crippen molar-refractivity contribution in [1.29, 1.82) is 0 Å². The number of rotatable bonds is 7. The summed E-state index contributed by atoms with van der Waals surface area (Å²) in [4.78, 5) is 11.5. The Morgan fingerprint density at radius 2 is 1.95 bits per heavy atom. The lowest BCUT2D eigenvalue weighted by atomic mass is 10.1. The molecule has 0 spiro atoms. The van der Waals surface area contributed by atoms with Gasteiger partial charge in [0.1, 0.15) is 22.3 Å². The highest BCUT2D eigenvalue weighted by atomic mass is 32.2. The molecule has 0 saturated heterocycles. The van der Waals surface area contributed by atoms with Gasteiger partial charge in [0, 0.05) is 31.6 Å². The third-order valence-electron chi connectivity index (χ3n) is 7.74. The highest BCUT2D eigenvalue weighted by Crippen LogP contribution is 2.55. The first kappa shape index (κ1) is 28.9. The average molecular weight is 617 g/mol. The maximum absolute atomic E-state index is 13.7. The van der Waals surface area contributed by atoms with Gasteiger partial charge in [-0.2, -0.15) is 22.6 Å². The molecule has 1 aliphatic heterocycles. The number of carboxylic acids is 1. The van der Waals surface area contributed by atoms with Crippen LogP contribution in [0.5, 0.6) is 5.75 Å². The zero-order valence-electron chi connectivity index (χ0n) is 23.1. The van der Waals surface area contributed by atoms with Crippen molar-refractivity contribution in [1.82, 2.24) is 29.1 Å². The van der Waals surface area contributed by atoms with Crippen molar-refractivity contribution in [2.24, 2.45) is 7.05 Å². The minimum Gasteiger partial charge on any atom is -0.488 e. The van der Waals surface area contributed by atoms with Gasteiger partial charge in [-0.15, -0.1) is 5.10 Å². The molecule has 3 heterocycles. The van der Waals surface area contributed by atoms with Crippen molar-refractivity contribution in [2.45, 2.75) is 55.3 Å². The number of hydrogen-bond donors (Lipinski definition) is 1. The number of halogens is 3. The number of hydrogen-bond acceptors (Lipinski definition) is 7. The summed E-state index contributed by atoms with van der Waals surface area (Å²) in [6.45, 7) is 1.58. The Bertz CT molecular complexity index is 1820. The van der Waals surface area contributed by atoms with Gasteiger partial charge in [-0.1, -0.05) is 24.3 Å². The predicted octanol–water partition coefficient (Wildman–Crippen LogP) is 4.35. The number of nitrogens with zero attached hydrogens (tertiary/aromatic N) is 6. The summed E-state index contributed by atoms with van der Waals surface area (Å²) in [5, 5.41) is 22.4. The van der Waals surface area contributed by atoms with Crippen LogP contribution < -0.4 is 4.74 Å². The minimum atomic E-state index is -4.73. The SMILES string of the molecule is CC[C@@H]1CN(Cc2cccc(-n3ncc(C(=O)O)c3[C@@H]3C[C@H]3c3cn(C)nn3)c2)S(=O)(=O)c2cc(C(F)(F)F)ccc2O1. The summed E-state index contributed by atoms with van der Waals surface area (Å²) in [6, 6.07) is 9.27. The lowest BCUT2D eigenvalue weighted by Gasteiger charge is -2.23. The van der Waals surface area contributed by atoms with Gasteiger partial charge in [0.25, 0.3) is 0 Å². The summed E-state index contributed by atoms with van der Waals surface area (Å²) < 4.78 is 77.9. The quantitative estimate of drug-likeness (QED) is 0.324. The minimum absolute atomic E-state index is 0.0275. The van der Waals surface area contributed by atoms with Gasteiger partial charge >= 0.3 is 12.1 Å². The van der Waals surface area contributed by atoms with Gasteiger partial charge in [0.05, 0.1) is 35.4 Å². The number of carboxylic acid groups (broad SMARTS) is 1. The van der Waals surface area contributed by atoms with Crippen molar-refractivity contribution in [3.8, 4) is 11.4 Å². The molecule has 0 unspecified atom stereocenters. The fraction of sp³-hybridized carbons (Fsp3) is 0.357. The average Bonchev–Trinajstić information content (AvgIpc) is 3.43. The zero-order chi connectivity index (χ0) is 30.7. The van der Waals surface area contributed by atoms with E-state index in [1.807, 2.05) is 0 Å². The van der Waals surface area contributed by atoms with Crippen LogP contribution in [0.3, 0.4) is 0 Å². The van der Waals surface area contributed by atoms with E-state index in [1.54, 1.807) is 49.1 Å². The molecule has 0 radical (unpaired) electrons. The Balaban J connectivity index is 1.34. The molecule has 1 N–H and O–H groups in total. The molecule has 2 aromatic carbocycles. The highest BCUT2D eigenvalue weighted by molar-refractivity contribution is 7.89. The number of alkyl halides is 3. The maximum atomic E-state index is 13.7. The zero-order valence-corrected chi connectivity index (χ0v) is 23.9. The topological polar surface area (TPSA) is 132 Å². The second kappa shape index (κ2) is 10.5. The lowest BCUT2D eigenvalue weighted by molar-refractivity contribution is -0.137. The summed E-state index contributed by atoms with van der Waals surface area (Å²) in [6.07, 6.45) is -1.15. The number of fused-ring (bicyclic) bond motifs is 1. The Kier molecular flexibility index (Phi) is 7.04. The molecule has 0 bridgehead atoms. The van der Waals surface area contributed by atoms with E-state index in [9.17, 15) is 31.5 Å². The molecule has 1 aliphatic carbocycles. The van der Waals surface area contributed by atoms with Crippen LogP contribution in [0, 0.1) is 0 Å². The molecule has 2 aromatic heterocycles. The Hall–Kier alpha value is -4.24. The second-order valence-electron chi connectivity index (χ2n) is 10.7. The molecule has 0 amide bonds. The molecule has 226 valence electrons. The lowest BCUT2D eigenvalue weighted by Crippen LogP contribution is -2.36. The van der Waals surface area contributed by atoms with E-state index >= 15 is 0 Å². The van der Waals surface area contributed by atoms with E-state index in [1.165, 1.54) is 10.9 Å². The van der Waals surface area contributed by atoms with Gasteiger partial charge in [-0.25, -0.2) is 17.9 Å². The normalized spacial score (nSPS) is 21.6. The van der Waals surface area contributed by atoms with Crippen molar-refractivity contribution in [3.05, 3.63) is 82.9 Å². The van der Waals surface area contributed by atoms with Crippen LogP contribution in [-0.2, 0) is 29.8 Å². The van der Waals surface area contributed by atoms with E-state index in [0.29, 0.717) is 35.9 Å². The van der Waals surface area contributed by atoms with Crippen LogP contribution in [0.1, 0.15) is 64.5 Å². The van der Waals surface area contributed by atoms with E-state index in [2.05, 4.69) is 15.4 Å². The number of aromatic carboxylic acids is 1. The maximum Gasteiger partial charge on any atom is 0.416 e. The van der Waals surface area contributed by atoms with E-state index in [0.717, 1.165) is 22.1 Å². The van der Waals surface area contributed by atoms with Gasteiger partial charge in [0.15, 0.2) is 0 Å². The van der Waals surface area contributed by atoms with Gasteiger partial charge in [0.2, 0.25) is 10.0 Å². The molecule has 2 aliphatic rings. The number of aromatic nitrogens is 5. The first-order valence-electron chi connectivity index (χ1n) is 13.5. The highest BCUT2D eigenvalue weighted by Gasteiger charge is 2.46. The van der Waals surface area contributed by atoms with E-state index < -0.39 is 38.7 Å². The smallest absolute Gasteiger partial charge is 0.416 e. The molecule has 4 aromatic rings. The number of benzene rings is 2. The van der Waals surface area contributed by atoms with Crippen LogP contribution in [0.25, 0.3) is 5.69 Å². The third-order valence-corrected chi connectivity index (χ3v) is 9.57.